The molecule has 2 aromatic carbocycles. The van der Waals surface area contributed by atoms with Crippen molar-refractivity contribution in [2.75, 3.05) is 19.6 Å². The number of halogens is 2. The molecule has 6 nitrogen and oxygen atoms in total. The maximum absolute atomic E-state index is 13.6. The van der Waals surface area contributed by atoms with Gasteiger partial charge in [0.05, 0.1) is 11.5 Å². The van der Waals surface area contributed by atoms with E-state index in [-0.39, 0.29) is 25.4 Å². The van der Waals surface area contributed by atoms with Gasteiger partial charge in [-0.2, -0.15) is 0 Å². The lowest BCUT2D eigenvalue weighted by Gasteiger charge is -2.41. The fourth-order valence-corrected chi connectivity index (χ4v) is 5.27. The molecule has 1 aliphatic carbocycles. The summed E-state index contributed by atoms with van der Waals surface area (Å²) >= 11 is 0. The topological polar surface area (TPSA) is 95.7 Å². The van der Waals surface area contributed by atoms with Crippen molar-refractivity contribution >= 4 is 11.8 Å². The summed E-state index contributed by atoms with van der Waals surface area (Å²) in [4.78, 5) is 28.4. The van der Waals surface area contributed by atoms with Gasteiger partial charge in [-0.3, -0.25) is 9.59 Å². The SMILES string of the molecule is CCCN(CCC)C(=O)C1=CC=CC(C(N)=O)([C@H](Cc2ccccc2)[C@@H](O)CNCc2ccc(F)c(F)c2)C1. The molecule has 2 amide bonds. The Hall–Kier alpha value is -3.36. The van der Waals surface area contributed by atoms with E-state index in [0.29, 0.717) is 30.6 Å². The number of benzene rings is 2. The largest absolute Gasteiger partial charge is 0.391 e. The Kier molecular flexibility index (Phi) is 10.9. The van der Waals surface area contributed by atoms with Crippen molar-refractivity contribution in [3.63, 3.8) is 0 Å². The second-order valence-electron chi connectivity index (χ2n) is 10.2. The molecule has 1 aliphatic rings. The molecule has 8 heteroatoms. The molecule has 210 valence electrons. The summed E-state index contributed by atoms with van der Waals surface area (Å²) in [5, 5.41) is 14.6. The lowest BCUT2D eigenvalue weighted by Crippen LogP contribution is -2.51. The number of primary amides is 1. The molecule has 1 unspecified atom stereocenters. The molecule has 3 atom stereocenters. The lowest BCUT2D eigenvalue weighted by molar-refractivity contribution is -0.132. The molecule has 0 heterocycles. The van der Waals surface area contributed by atoms with Gasteiger partial charge in [0.15, 0.2) is 11.6 Å². The number of nitrogens with one attached hydrogen (secondary N) is 1. The van der Waals surface area contributed by atoms with Crippen LogP contribution in [0.2, 0.25) is 0 Å². The third-order valence-electron chi connectivity index (χ3n) is 7.27. The van der Waals surface area contributed by atoms with Crippen molar-refractivity contribution in [3.05, 3.63) is 95.1 Å². The summed E-state index contributed by atoms with van der Waals surface area (Å²) in [6.45, 7) is 5.52. The standard InChI is InChI=1S/C31H39F2N3O3/c1-3-15-36(16-4-2)29(38)24-11-8-14-31(19-24,30(34)39)25(17-22-9-6-5-7-10-22)28(37)21-35-20-23-12-13-26(32)27(33)18-23/h5-14,18,25,28,35,37H,3-4,15-17,19-21H2,1-2H3,(H2,34,39)/t25-,28+,31?/m1/s1. The van der Waals surface area contributed by atoms with Gasteiger partial charge >= 0.3 is 0 Å². The van der Waals surface area contributed by atoms with Crippen LogP contribution < -0.4 is 11.1 Å². The van der Waals surface area contributed by atoms with Gasteiger partial charge in [-0.05, 0) is 48.9 Å². The zero-order valence-electron chi connectivity index (χ0n) is 22.7. The van der Waals surface area contributed by atoms with Crippen molar-refractivity contribution in [2.45, 2.75) is 52.2 Å². The van der Waals surface area contributed by atoms with Crippen LogP contribution in [0.3, 0.4) is 0 Å². The van der Waals surface area contributed by atoms with E-state index < -0.39 is 35.0 Å². The van der Waals surface area contributed by atoms with Crippen LogP contribution in [0, 0.1) is 23.0 Å². The molecule has 0 aromatic heterocycles. The highest BCUT2D eigenvalue weighted by atomic mass is 19.2. The normalized spacial score (nSPS) is 18.3. The average Bonchev–Trinajstić information content (AvgIpc) is 2.93. The van der Waals surface area contributed by atoms with Crippen LogP contribution in [0.4, 0.5) is 8.78 Å². The van der Waals surface area contributed by atoms with Gasteiger partial charge in [0.2, 0.25) is 11.8 Å². The maximum atomic E-state index is 13.6. The molecule has 0 fully saturated rings. The zero-order chi connectivity index (χ0) is 28.4. The van der Waals surface area contributed by atoms with Gasteiger partial charge in [-0.15, -0.1) is 0 Å². The Bertz CT molecular complexity index is 1180. The molecule has 0 radical (unpaired) electrons. The molecule has 0 spiro atoms. The molecule has 4 N–H and O–H groups in total. The van der Waals surface area contributed by atoms with Crippen LogP contribution in [0.25, 0.3) is 0 Å². The first-order valence-corrected chi connectivity index (χ1v) is 13.6. The van der Waals surface area contributed by atoms with Crippen molar-refractivity contribution in [3.8, 4) is 0 Å². The lowest BCUT2D eigenvalue weighted by atomic mass is 9.64. The van der Waals surface area contributed by atoms with Crippen LogP contribution in [-0.4, -0.2) is 47.6 Å². The first kappa shape index (κ1) is 30.2. The van der Waals surface area contributed by atoms with E-state index in [1.807, 2.05) is 44.2 Å². The van der Waals surface area contributed by atoms with Gasteiger partial charge in [0.1, 0.15) is 0 Å². The van der Waals surface area contributed by atoms with E-state index in [0.717, 1.165) is 30.5 Å². The number of aliphatic hydroxyl groups excluding tert-OH is 1. The van der Waals surface area contributed by atoms with Gasteiger partial charge in [-0.25, -0.2) is 8.78 Å². The second-order valence-corrected chi connectivity index (χ2v) is 10.2. The molecular formula is C31H39F2N3O3. The molecule has 0 aliphatic heterocycles. The minimum atomic E-state index is -1.30. The van der Waals surface area contributed by atoms with Gasteiger partial charge in [-0.1, -0.05) is 68.5 Å². The fourth-order valence-electron chi connectivity index (χ4n) is 5.27. The number of carbonyl (C=O) groups excluding carboxylic acids is 2. The highest BCUT2D eigenvalue weighted by molar-refractivity contribution is 5.96. The number of allylic oxidation sites excluding steroid dienone is 2. The number of hydrogen-bond acceptors (Lipinski definition) is 4. The minimum Gasteiger partial charge on any atom is -0.391 e. The highest BCUT2D eigenvalue weighted by Crippen LogP contribution is 2.43. The van der Waals surface area contributed by atoms with Crippen LogP contribution in [0.15, 0.2) is 72.3 Å². The van der Waals surface area contributed by atoms with Crippen LogP contribution in [0.5, 0.6) is 0 Å². The highest BCUT2D eigenvalue weighted by Gasteiger charge is 2.47. The Labute approximate surface area is 229 Å². The van der Waals surface area contributed by atoms with Crippen LogP contribution >= 0.6 is 0 Å². The molecule has 0 saturated heterocycles. The number of amides is 2. The second kappa shape index (κ2) is 14.1. The monoisotopic (exact) mass is 539 g/mol. The summed E-state index contributed by atoms with van der Waals surface area (Å²) in [7, 11) is 0. The maximum Gasteiger partial charge on any atom is 0.249 e. The molecular weight excluding hydrogens is 500 g/mol. The number of hydrogen-bond donors (Lipinski definition) is 3. The van der Waals surface area contributed by atoms with Crippen molar-refractivity contribution in [1.82, 2.24) is 10.2 Å². The number of rotatable bonds is 14. The van der Waals surface area contributed by atoms with Crippen LogP contribution in [-0.2, 0) is 22.6 Å². The van der Waals surface area contributed by atoms with E-state index in [9.17, 15) is 23.5 Å². The van der Waals surface area contributed by atoms with E-state index in [4.69, 9.17) is 5.73 Å². The van der Waals surface area contributed by atoms with Gasteiger partial charge < -0.3 is 21.1 Å². The Morgan fingerprint density at radius 3 is 2.36 bits per heavy atom. The fraction of sp³-hybridized carbons (Fsp3) is 0.419. The number of aliphatic hydroxyl groups is 1. The number of carbonyl (C=O) groups is 2. The predicted octanol–water partition coefficient (Wildman–Crippen LogP) is 4.28. The Morgan fingerprint density at radius 2 is 1.74 bits per heavy atom. The number of nitrogens with zero attached hydrogens (tertiary/aromatic N) is 1. The predicted molar refractivity (Wildman–Crippen MR) is 148 cm³/mol. The summed E-state index contributed by atoms with van der Waals surface area (Å²) in [6, 6.07) is 13.1. The molecule has 3 rings (SSSR count). The van der Waals surface area contributed by atoms with E-state index in [1.165, 1.54) is 6.07 Å². The van der Waals surface area contributed by atoms with Gasteiger partial charge in [0, 0.05) is 37.7 Å². The van der Waals surface area contributed by atoms with Crippen molar-refractivity contribution < 1.29 is 23.5 Å². The average molecular weight is 540 g/mol. The molecule has 2 aromatic rings. The zero-order valence-corrected chi connectivity index (χ0v) is 22.7. The van der Waals surface area contributed by atoms with Crippen molar-refractivity contribution in [2.24, 2.45) is 17.1 Å². The quantitative estimate of drug-likeness (QED) is 0.334. The summed E-state index contributed by atoms with van der Waals surface area (Å²) in [6.07, 6.45) is 6.15. The molecule has 0 saturated carbocycles. The smallest absolute Gasteiger partial charge is 0.249 e. The Balaban J connectivity index is 1.87. The Morgan fingerprint density at radius 1 is 1.05 bits per heavy atom. The van der Waals surface area contributed by atoms with Crippen molar-refractivity contribution in [1.29, 1.82) is 0 Å². The van der Waals surface area contributed by atoms with E-state index >= 15 is 0 Å². The minimum absolute atomic E-state index is 0.0736. The van der Waals surface area contributed by atoms with E-state index in [1.54, 1.807) is 23.1 Å². The third kappa shape index (κ3) is 7.61. The van der Waals surface area contributed by atoms with Crippen LogP contribution in [0.1, 0.15) is 44.2 Å². The first-order valence-electron chi connectivity index (χ1n) is 13.6. The molecule has 39 heavy (non-hydrogen) atoms. The van der Waals surface area contributed by atoms with E-state index in [2.05, 4.69) is 5.32 Å². The third-order valence-corrected chi connectivity index (χ3v) is 7.27. The summed E-state index contributed by atoms with van der Waals surface area (Å²) in [5.41, 5.74) is 6.66. The first-order chi connectivity index (χ1) is 18.7. The summed E-state index contributed by atoms with van der Waals surface area (Å²) < 4.78 is 26.9. The van der Waals surface area contributed by atoms with Gasteiger partial charge in [0.25, 0.3) is 0 Å². The molecule has 0 bridgehead atoms. The number of nitrogens with two attached hydrogens (primary N) is 1. The summed E-state index contributed by atoms with van der Waals surface area (Å²) in [5.74, 6) is -3.27.